The lowest BCUT2D eigenvalue weighted by molar-refractivity contribution is 0.305. The molecule has 0 saturated heterocycles. The van der Waals surface area contributed by atoms with E-state index in [1.54, 1.807) is 4.68 Å². The molecule has 2 aromatic rings. The highest BCUT2D eigenvalue weighted by molar-refractivity contribution is 6.36. The molecule has 2 rings (SSSR count). The van der Waals surface area contributed by atoms with Gasteiger partial charge in [0, 0.05) is 18.5 Å². The Labute approximate surface area is 104 Å². The molecule has 1 N–H and O–H groups in total. The summed E-state index contributed by atoms with van der Waals surface area (Å²) in [6, 6.07) is 3.76. The van der Waals surface area contributed by atoms with E-state index < -0.39 is 0 Å². The highest BCUT2D eigenvalue weighted by Crippen LogP contribution is 2.24. The minimum atomic E-state index is 0.0544. The monoisotopic (exact) mass is 249 g/mol. The Morgan fingerprint density at radius 1 is 1.47 bits per heavy atom. The van der Waals surface area contributed by atoms with Crippen molar-refractivity contribution in [2.24, 2.45) is 0 Å². The fraction of sp³-hybridized carbons (Fsp3) is 0.333. The molecule has 1 aromatic heterocycles. The summed E-state index contributed by atoms with van der Waals surface area (Å²) >= 11 is 6.21. The van der Waals surface area contributed by atoms with Gasteiger partial charge in [0.25, 0.3) is 0 Å². The SMILES string of the molecule is CCn1nnc2c(Cl)c(C#CCCO)ccc21. The van der Waals surface area contributed by atoms with E-state index in [-0.39, 0.29) is 6.61 Å². The molecule has 1 aromatic carbocycles. The molecule has 0 aliphatic carbocycles. The lowest BCUT2D eigenvalue weighted by Gasteiger charge is -1.98. The van der Waals surface area contributed by atoms with Gasteiger partial charge >= 0.3 is 0 Å². The summed E-state index contributed by atoms with van der Waals surface area (Å²) in [7, 11) is 0. The number of aromatic nitrogens is 3. The lowest BCUT2D eigenvalue weighted by Crippen LogP contribution is -1.95. The fourth-order valence-corrected chi connectivity index (χ4v) is 1.79. The van der Waals surface area contributed by atoms with Crippen LogP contribution in [-0.4, -0.2) is 26.7 Å². The van der Waals surface area contributed by atoms with Crippen molar-refractivity contribution in [3.05, 3.63) is 22.7 Å². The van der Waals surface area contributed by atoms with Gasteiger partial charge in [0.15, 0.2) is 0 Å². The predicted octanol–water partition coefficient (Wildman–Crippen LogP) is 1.84. The van der Waals surface area contributed by atoms with E-state index in [4.69, 9.17) is 16.7 Å². The van der Waals surface area contributed by atoms with Crippen molar-refractivity contribution in [1.29, 1.82) is 0 Å². The van der Waals surface area contributed by atoms with Crippen LogP contribution in [0, 0.1) is 11.8 Å². The molecule has 1 heterocycles. The summed E-state index contributed by atoms with van der Waals surface area (Å²) in [5.74, 6) is 5.75. The zero-order chi connectivity index (χ0) is 12.3. The zero-order valence-electron chi connectivity index (χ0n) is 9.44. The lowest BCUT2D eigenvalue weighted by atomic mass is 10.2. The summed E-state index contributed by atoms with van der Waals surface area (Å²) in [6.07, 6.45) is 0.440. The van der Waals surface area contributed by atoms with E-state index in [0.717, 1.165) is 17.6 Å². The second kappa shape index (κ2) is 5.17. The maximum absolute atomic E-state index is 8.66. The van der Waals surface area contributed by atoms with Crippen LogP contribution in [0.25, 0.3) is 11.0 Å². The molecule has 0 radical (unpaired) electrons. The number of aryl methyl sites for hydroxylation is 1. The van der Waals surface area contributed by atoms with E-state index in [2.05, 4.69) is 22.2 Å². The normalized spacial score (nSPS) is 10.3. The van der Waals surface area contributed by atoms with E-state index in [0.29, 0.717) is 17.0 Å². The highest BCUT2D eigenvalue weighted by atomic mass is 35.5. The van der Waals surface area contributed by atoms with Crippen molar-refractivity contribution in [2.45, 2.75) is 19.9 Å². The summed E-state index contributed by atoms with van der Waals surface area (Å²) in [5.41, 5.74) is 2.30. The van der Waals surface area contributed by atoms with Crippen molar-refractivity contribution in [2.75, 3.05) is 6.61 Å². The third kappa shape index (κ3) is 2.26. The summed E-state index contributed by atoms with van der Waals surface area (Å²) < 4.78 is 1.78. The molecule has 17 heavy (non-hydrogen) atoms. The number of halogens is 1. The molecular formula is C12H12ClN3O. The molecule has 5 heteroatoms. The van der Waals surface area contributed by atoms with Crippen molar-refractivity contribution < 1.29 is 5.11 Å². The van der Waals surface area contributed by atoms with Gasteiger partial charge in [-0.1, -0.05) is 28.7 Å². The molecule has 0 amide bonds. The molecule has 0 unspecified atom stereocenters. The Bertz CT molecular complexity index is 595. The van der Waals surface area contributed by atoms with Crippen LogP contribution < -0.4 is 0 Å². The Kier molecular flexibility index (Phi) is 3.62. The van der Waals surface area contributed by atoms with Crippen molar-refractivity contribution >= 4 is 22.6 Å². The Morgan fingerprint density at radius 2 is 2.29 bits per heavy atom. The highest BCUT2D eigenvalue weighted by Gasteiger charge is 2.09. The maximum Gasteiger partial charge on any atom is 0.133 e. The van der Waals surface area contributed by atoms with E-state index in [1.165, 1.54) is 0 Å². The number of aliphatic hydroxyl groups excluding tert-OH is 1. The van der Waals surface area contributed by atoms with Crippen LogP contribution in [0.1, 0.15) is 18.9 Å². The summed E-state index contributed by atoms with van der Waals surface area (Å²) in [4.78, 5) is 0. The molecule has 0 aliphatic rings. The van der Waals surface area contributed by atoms with Crippen LogP contribution in [0.15, 0.2) is 12.1 Å². The minimum absolute atomic E-state index is 0.0544. The first-order chi connectivity index (χ1) is 8.27. The van der Waals surface area contributed by atoms with Crippen LogP contribution >= 0.6 is 11.6 Å². The molecule has 4 nitrogen and oxygen atoms in total. The largest absolute Gasteiger partial charge is 0.395 e. The predicted molar refractivity (Wildman–Crippen MR) is 66.8 cm³/mol. The molecule has 0 fully saturated rings. The Balaban J connectivity index is 2.48. The van der Waals surface area contributed by atoms with E-state index in [9.17, 15) is 0 Å². The van der Waals surface area contributed by atoms with Gasteiger partial charge in [-0.15, -0.1) is 5.10 Å². The first kappa shape index (κ1) is 11.9. The molecule has 0 bridgehead atoms. The quantitative estimate of drug-likeness (QED) is 0.827. The van der Waals surface area contributed by atoms with Gasteiger partial charge in [0.2, 0.25) is 0 Å². The first-order valence-electron chi connectivity index (χ1n) is 5.39. The first-order valence-corrected chi connectivity index (χ1v) is 5.77. The Morgan fingerprint density at radius 3 is 3.00 bits per heavy atom. The molecule has 0 aliphatic heterocycles. The summed E-state index contributed by atoms with van der Waals surface area (Å²) in [6.45, 7) is 2.80. The molecule has 88 valence electrons. The topological polar surface area (TPSA) is 50.9 Å². The van der Waals surface area contributed by atoms with E-state index in [1.807, 2.05) is 19.1 Å². The van der Waals surface area contributed by atoms with Crippen LogP contribution in [0.5, 0.6) is 0 Å². The smallest absolute Gasteiger partial charge is 0.133 e. The number of benzene rings is 1. The third-order valence-electron chi connectivity index (χ3n) is 2.39. The fourth-order valence-electron chi connectivity index (χ4n) is 1.55. The van der Waals surface area contributed by atoms with Gasteiger partial charge in [-0.05, 0) is 19.1 Å². The molecular weight excluding hydrogens is 238 g/mol. The van der Waals surface area contributed by atoms with Crippen molar-refractivity contribution in [3.63, 3.8) is 0 Å². The standard InChI is InChI=1S/C12H12ClN3O/c1-2-16-10-7-6-9(5-3-4-8-17)11(13)12(10)14-15-16/h6-7,17H,2,4,8H2,1H3. The van der Waals surface area contributed by atoms with Gasteiger partial charge < -0.3 is 5.11 Å². The van der Waals surface area contributed by atoms with Crippen molar-refractivity contribution in [1.82, 2.24) is 15.0 Å². The van der Waals surface area contributed by atoms with Gasteiger partial charge in [-0.3, -0.25) is 0 Å². The number of nitrogens with zero attached hydrogens (tertiary/aromatic N) is 3. The number of hydrogen-bond donors (Lipinski definition) is 1. The van der Waals surface area contributed by atoms with Crippen molar-refractivity contribution in [3.8, 4) is 11.8 Å². The minimum Gasteiger partial charge on any atom is -0.395 e. The number of hydrogen-bond acceptors (Lipinski definition) is 3. The second-order valence-corrected chi connectivity index (χ2v) is 3.85. The van der Waals surface area contributed by atoms with Crippen LogP contribution in [0.3, 0.4) is 0 Å². The molecule has 0 saturated carbocycles. The average molecular weight is 250 g/mol. The van der Waals surface area contributed by atoms with Crippen LogP contribution in [0.2, 0.25) is 5.02 Å². The van der Waals surface area contributed by atoms with Crippen LogP contribution in [0.4, 0.5) is 0 Å². The number of aliphatic hydroxyl groups is 1. The van der Waals surface area contributed by atoms with Gasteiger partial charge in [0.1, 0.15) is 5.52 Å². The van der Waals surface area contributed by atoms with Gasteiger partial charge in [-0.25, -0.2) is 4.68 Å². The third-order valence-corrected chi connectivity index (χ3v) is 2.77. The molecule has 0 spiro atoms. The Hall–Kier alpha value is -1.57. The second-order valence-electron chi connectivity index (χ2n) is 3.48. The van der Waals surface area contributed by atoms with Crippen LogP contribution in [-0.2, 0) is 6.54 Å². The maximum atomic E-state index is 8.66. The summed E-state index contributed by atoms with van der Waals surface area (Å²) in [5, 5.41) is 17.2. The van der Waals surface area contributed by atoms with Gasteiger partial charge in [0.05, 0.1) is 17.1 Å². The average Bonchev–Trinajstić information content (AvgIpc) is 2.76. The zero-order valence-corrected chi connectivity index (χ0v) is 10.2. The number of rotatable bonds is 2. The van der Waals surface area contributed by atoms with Gasteiger partial charge in [-0.2, -0.15) is 0 Å². The number of fused-ring (bicyclic) bond motifs is 1. The van der Waals surface area contributed by atoms with E-state index >= 15 is 0 Å². The molecule has 0 atom stereocenters.